The van der Waals surface area contributed by atoms with Gasteiger partial charge in [-0.3, -0.25) is 4.79 Å². The zero-order chi connectivity index (χ0) is 9.40. The molecule has 0 aromatic rings. The van der Waals surface area contributed by atoms with Crippen LogP contribution in [0.3, 0.4) is 0 Å². The lowest BCUT2D eigenvalue weighted by Crippen LogP contribution is -2.10. The van der Waals surface area contributed by atoms with Crippen LogP contribution in [-0.4, -0.2) is 11.1 Å². The van der Waals surface area contributed by atoms with E-state index < -0.39 is 5.97 Å². The molecule has 0 saturated heterocycles. The monoisotopic (exact) mass is 170 g/mol. The molecule has 0 radical (unpaired) electrons. The van der Waals surface area contributed by atoms with Crippen molar-refractivity contribution >= 4 is 5.97 Å². The van der Waals surface area contributed by atoms with Crippen LogP contribution in [0, 0.1) is 5.92 Å². The molecule has 1 unspecified atom stereocenters. The Morgan fingerprint density at radius 2 is 2.17 bits per heavy atom. The molecule has 2 nitrogen and oxygen atoms in total. The van der Waals surface area contributed by atoms with E-state index in [1.165, 1.54) is 0 Å². The quantitative estimate of drug-likeness (QED) is 0.622. The summed E-state index contributed by atoms with van der Waals surface area (Å²) in [6.45, 7) is 4.08. The van der Waals surface area contributed by atoms with Crippen molar-refractivity contribution in [1.82, 2.24) is 0 Å². The molecule has 0 bridgehead atoms. The lowest BCUT2D eigenvalue weighted by Gasteiger charge is -2.05. The van der Waals surface area contributed by atoms with Gasteiger partial charge in [0, 0.05) is 0 Å². The number of carbonyl (C=O) groups is 1. The van der Waals surface area contributed by atoms with Crippen molar-refractivity contribution in [3.8, 4) is 0 Å². The van der Waals surface area contributed by atoms with Gasteiger partial charge in [0.25, 0.3) is 0 Å². The van der Waals surface area contributed by atoms with Crippen LogP contribution in [0.25, 0.3) is 0 Å². The summed E-state index contributed by atoms with van der Waals surface area (Å²) < 4.78 is 0. The number of allylic oxidation sites excluding steroid dienone is 1. The van der Waals surface area contributed by atoms with Crippen LogP contribution in [0.1, 0.15) is 39.5 Å². The van der Waals surface area contributed by atoms with Crippen molar-refractivity contribution in [3.05, 3.63) is 12.2 Å². The SMILES string of the molecule is CC/C=C\C(CCCC)C(=O)O. The Balaban J connectivity index is 3.86. The molecule has 0 aliphatic heterocycles. The first-order chi connectivity index (χ1) is 5.72. The second-order valence-corrected chi connectivity index (χ2v) is 2.92. The number of carboxylic acid groups (broad SMARTS) is 1. The van der Waals surface area contributed by atoms with E-state index in [0.29, 0.717) is 0 Å². The number of hydrogen-bond donors (Lipinski definition) is 1. The third-order valence-electron chi connectivity index (χ3n) is 1.79. The summed E-state index contributed by atoms with van der Waals surface area (Å²) in [6, 6.07) is 0. The average Bonchev–Trinajstić information content (AvgIpc) is 2.04. The highest BCUT2D eigenvalue weighted by molar-refractivity contribution is 5.72. The Labute approximate surface area is 74.3 Å². The third-order valence-corrected chi connectivity index (χ3v) is 1.79. The summed E-state index contributed by atoms with van der Waals surface area (Å²) in [6.07, 6.45) is 7.46. The lowest BCUT2D eigenvalue weighted by molar-refractivity contribution is -0.140. The summed E-state index contributed by atoms with van der Waals surface area (Å²) in [5.41, 5.74) is 0. The van der Waals surface area contributed by atoms with Gasteiger partial charge in [0.05, 0.1) is 5.92 Å². The van der Waals surface area contributed by atoms with Gasteiger partial charge >= 0.3 is 5.97 Å². The van der Waals surface area contributed by atoms with Crippen LogP contribution in [0.5, 0.6) is 0 Å². The maximum absolute atomic E-state index is 10.7. The van der Waals surface area contributed by atoms with E-state index in [2.05, 4.69) is 6.92 Å². The highest BCUT2D eigenvalue weighted by Gasteiger charge is 2.11. The highest BCUT2D eigenvalue weighted by atomic mass is 16.4. The zero-order valence-electron chi connectivity index (χ0n) is 7.92. The molecule has 0 heterocycles. The van der Waals surface area contributed by atoms with E-state index in [4.69, 9.17) is 5.11 Å². The molecule has 0 amide bonds. The van der Waals surface area contributed by atoms with Crippen molar-refractivity contribution in [2.75, 3.05) is 0 Å². The third kappa shape index (κ3) is 4.94. The summed E-state index contributed by atoms with van der Waals surface area (Å²) in [5, 5.41) is 8.78. The van der Waals surface area contributed by atoms with Gasteiger partial charge in [0.1, 0.15) is 0 Å². The van der Waals surface area contributed by atoms with Crippen LogP contribution < -0.4 is 0 Å². The van der Waals surface area contributed by atoms with E-state index in [-0.39, 0.29) is 5.92 Å². The first kappa shape index (κ1) is 11.2. The van der Waals surface area contributed by atoms with Gasteiger partial charge in [-0.1, -0.05) is 38.8 Å². The second-order valence-electron chi connectivity index (χ2n) is 2.92. The van der Waals surface area contributed by atoms with E-state index in [9.17, 15) is 4.79 Å². The summed E-state index contributed by atoms with van der Waals surface area (Å²) >= 11 is 0. The molecule has 0 saturated carbocycles. The van der Waals surface area contributed by atoms with E-state index in [0.717, 1.165) is 25.7 Å². The number of carboxylic acids is 1. The molecule has 0 rings (SSSR count). The largest absolute Gasteiger partial charge is 0.481 e. The van der Waals surface area contributed by atoms with E-state index >= 15 is 0 Å². The number of hydrogen-bond acceptors (Lipinski definition) is 1. The zero-order valence-corrected chi connectivity index (χ0v) is 7.92. The summed E-state index contributed by atoms with van der Waals surface area (Å²) in [4.78, 5) is 10.7. The summed E-state index contributed by atoms with van der Waals surface area (Å²) in [5.74, 6) is -0.974. The Morgan fingerprint density at radius 1 is 1.50 bits per heavy atom. The predicted octanol–water partition coefficient (Wildman–Crippen LogP) is 2.84. The molecular formula is C10H18O2. The van der Waals surface area contributed by atoms with Crippen LogP contribution in [-0.2, 0) is 4.79 Å². The number of aliphatic carboxylic acids is 1. The number of rotatable bonds is 6. The average molecular weight is 170 g/mol. The van der Waals surface area contributed by atoms with Gasteiger partial charge in [-0.15, -0.1) is 0 Å². The molecule has 1 N–H and O–H groups in total. The van der Waals surface area contributed by atoms with Crippen molar-refractivity contribution in [3.63, 3.8) is 0 Å². The fraction of sp³-hybridized carbons (Fsp3) is 0.700. The Kier molecular flexibility index (Phi) is 6.44. The first-order valence-electron chi connectivity index (χ1n) is 4.61. The van der Waals surface area contributed by atoms with E-state index in [1.807, 2.05) is 13.0 Å². The molecular weight excluding hydrogens is 152 g/mol. The number of unbranched alkanes of at least 4 members (excludes halogenated alkanes) is 1. The lowest BCUT2D eigenvalue weighted by atomic mass is 10.0. The molecule has 0 fully saturated rings. The van der Waals surface area contributed by atoms with Crippen LogP contribution in [0.2, 0.25) is 0 Å². The fourth-order valence-electron chi connectivity index (χ4n) is 1.03. The Hall–Kier alpha value is -0.790. The molecule has 0 aromatic carbocycles. The fourth-order valence-corrected chi connectivity index (χ4v) is 1.03. The molecule has 12 heavy (non-hydrogen) atoms. The standard InChI is InChI=1S/C10H18O2/c1-3-5-7-9(10(11)12)8-6-4-2/h5,7,9H,3-4,6,8H2,1-2H3,(H,11,12)/b7-5-. The molecule has 70 valence electrons. The maximum Gasteiger partial charge on any atom is 0.310 e. The van der Waals surface area contributed by atoms with Crippen molar-refractivity contribution in [2.45, 2.75) is 39.5 Å². The Morgan fingerprint density at radius 3 is 2.58 bits per heavy atom. The molecule has 0 aromatic heterocycles. The van der Waals surface area contributed by atoms with E-state index in [1.54, 1.807) is 6.08 Å². The van der Waals surface area contributed by atoms with Gasteiger partial charge in [0.2, 0.25) is 0 Å². The van der Waals surface area contributed by atoms with Crippen molar-refractivity contribution < 1.29 is 9.90 Å². The minimum atomic E-state index is -0.701. The topological polar surface area (TPSA) is 37.3 Å². The molecule has 0 aliphatic carbocycles. The van der Waals surface area contributed by atoms with Gasteiger partial charge < -0.3 is 5.11 Å². The maximum atomic E-state index is 10.7. The van der Waals surface area contributed by atoms with Gasteiger partial charge in [-0.05, 0) is 12.8 Å². The van der Waals surface area contributed by atoms with Gasteiger partial charge in [-0.2, -0.15) is 0 Å². The predicted molar refractivity (Wildman–Crippen MR) is 50.1 cm³/mol. The Bertz CT molecular complexity index is 150. The van der Waals surface area contributed by atoms with Crippen LogP contribution >= 0.6 is 0 Å². The first-order valence-corrected chi connectivity index (χ1v) is 4.61. The van der Waals surface area contributed by atoms with Crippen molar-refractivity contribution in [1.29, 1.82) is 0 Å². The van der Waals surface area contributed by atoms with Gasteiger partial charge in [-0.25, -0.2) is 0 Å². The highest BCUT2D eigenvalue weighted by Crippen LogP contribution is 2.10. The van der Waals surface area contributed by atoms with Gasteiger partial charge in [0.15, 0.2) is 0 Å². The second kappa shape index (κ2) is 6.89. The summed E-state index contributed by atoms with van der Waals surface area (Å²) in [7, 11) is 0. The molecule has 0 spiro atoms. The smallest absolute Gasteiger partial charge is 0.310 e. The minimum Gasteiger partial charge on any atom is -0.481 e. The van der Waals surface area contributed by atoms with Crippen molar-refractivity contribution in [2.24, 2.45) is 5.92 Å². The normalized spacial score (nSPS) is 13.5. The minimum absolute atomic E-state index is 0.273. The molecule has 2 heteroatoms. The molecule has 1 atom stereocenters. The molecule has 0 aliphatic rings. The van der Waals surface area contributed by atoms with Crippen LogP contribution in [0.4, 0.5) is 0 Å². The van der Waals surface area contributed by atoms with Crippen LogP contribution in [0.15, 0.2) is 12.2 Å².